The van der Waals surface area contributed by atoms with Crippen LogP contribution in [0.25, 0.3) is 39.4 Å². The summed E-state index contributed by atoms with van der Waals surface area (Å²) in [6.45, 7) is 0.264. The molecule has 3 heterocycles. The van der Waals surface area contributed by atoms with Gasteiger partial charge < -0.3 is 13.7 Å². The molecule has 2 atom stereocenters. The summed E-state index contributed by atoms with van der Waals surface area (Å²) in [5, 5.41) is -1.37. The monoisotopic (exact) mass is 631 g/mol. The van der Waals surface area contributed by atoms with Crippen LogP contribution in [0.15, 0.2) is 107 Å². The second kappa shape index (κ2) is 10.4. The van der Waals surface area contributed by atoms with E-state index in [2.05, 4.69) is 0 Å². The molecule has 0 bridgehead atoms. The highest BCUT2D eigenvalue weighted by molar-refractivity contribution is 7.86. The summed E-state index contributed by atoms with van der Waals surface area (Å²) in [6, 6.07) is 29.7. The lowest BCUT2D eigenvalue weighted by Gasteiger charge is -2.34. The average Bonchev–Trinajstić information content (AvgIpc) is 3.68. The van der Waals surface area contributed by atoms with Gasteiger partial charge in [0.1, 0.15) is 0 Å². The van der Waals surface area contributed by atoms with Crippen LogP contribution in [-0.2, 0) is 26.1 Å². The SMILES string of the molecule is O=S(=O)(O)C[n+]1c(C=C2Oc3ccc(-c4ccccc4)cc3[N+]23CCCC3S(=O)(=O)[O-])oc2ccc(-c3ccccc3)cc21. The summed E-state index contributed by atoms with van der Waals surface area (Å²) in [5.74, 6) is -0.333. The Kier molecular flexibility index (Phi) is 6.72. The first kappa shape index (κ1) is 28.4. The molecule has 1 fully saturated rings. The molecule has 2 unspecified atom stereocenters. The quantitative estimate of drug-likeness (QED) is 0.152. The largest absolute Gasteiger partial charge is 0.743 e. The van der Waals surface area contributed by atoms with Gasteiger partial charge in [-0.3, -0.25) is 4.55 Å². The summed E-state index contributed by atoms with van der Waals surface area (Å²) in [5.41, 5.74) is 4.65. The molecule has 4 aromatic carbocycles. The van der Waals surface area contributed by atoms with Crippen molar-refractivity contribution in [2.24, 2.45) is 0 Å². The molecular weight excluding hydrogens is 604 g/mol. The van der Waals surface area contributed by atoms with Crippen LogP contribution in [0.4, 0.5) is 5.69 Å². The van der Waals surface area contributed by atoms with Crippen LogP contribution in [0.3, 0.4) is 0 Å². The Bertz CT molecular complexity index is 2160. The Labute approximate surface area is 254 Å². The van der Waals surface area contributed by atoms with Crippen molar-refractivity contribution < 1.29 is 39.7 Å². The van der Waals surface area contributed by atoms with Crippen molar-refractivity contribution in [3.63, 3.8) is 0 Å². The number of ether oxygens (including phenoxy) is 1. The van der Waals surface area contributed by atoms with E-state index < -0.39 is 31.5 Å². The first-order chi connectivity index (χ1) is 21.0. The lowest BCUT2D eigenvalue weighted by Crippen LogP contribution is -2.54. The summed E-state index contributed by atoms with van der Waals surface area (Å²) in [7, 11) is -9.35. The van der Waals surface area contributed by atoms with Crippen molar-refractivity contribution in [3.05, 3.63) is 109 Å². The number of rotatable bonds is 6. The van der Waals surface area contributed by atoms with Crippen molar-refractivity contribution in [2.45, 2.75) is 24.1 Å². The van der Waals surface area contributed by atoms with E-state index in [1.165, 1.54) is 10.6 Å². The minimum absolute atomic E-state index is 0.000345. The third kappa shape index (κ3) is 4.90. The predicted molar refractivity (Wildman–Crippen MR) is 163 cm³/mol. The number of aromatic nitrogens is 1. The van der Waals surface area contributed by atoms with E-state index in [4.69, 9.17) is 9.15 Å². The highest BCUT2D eigenvalue weighted by Gasteiger charge is 2.58. The van der Waals surface area contributed by atoms with Crippen molar-refractivity contribution in [2.75, 3.05) is 6.54 Å². The summed E-state index contributed by atoms with van der Waals surface area (Å²) < 4.78 is 85.7. The molecule has 0 amide bonds. The van der Waals surface area contributed by atoms with Gasteiger partial charge in [0.15, 0.2) is 33.0 Å². The van der Waals surface area contributed by atoms with Gasteiger partial charge in [0.05, 0.1) is 6.54 Å². The molecule has 12 heteroatoms. The number of hydrogen-bond donors (Lipinski definition) is 1. The molecule has 1 saturated heterocycles. The third-order valence-corrected chi connectivity index (χ3v) is 10.1. The number of hydrogen-bond acceptors (Lipinski definition) is 7. The molecule has 1 aromatic heterocycles. The molecule has 1 N–H and O–H groups in total. The van der Waals surface area contributed by atoms with E-state index in [1.54, 1.807) is 18.2 Å². The van der Waals surface area contributed by atoms with Crippen LogP contribution in [0.5, 0.6) is 5.75 Å². The molecule has 224 valence electrons. The topological polar surface area (TPSA) is 138 Å². The molecule has 0 radical (unpaired) electrons. The van der Waals surface area contributed by atoms with Crippen LogP contribution in [0.1, 0.15) is 18.7 Å². The average molecular weight is 632 g/mol. The molecule has 0 saturated carbocycles. The second-order valence-corrected chi connectivity index (χ2v) is 13.9. The maximum Gasteiger partial charge on any atom is 0.384 e. The van der Waals surface area contributed by atoms with Crippen molar-refractivity contribution >= 4 is 43.1 Å². The molecule has 7 rings (SSSR count). The van der Waals surface area contributed by atoms with Crippen molar-refractivity contribution in [1.82, 2.24) is 4.48 Å². The number of quaternary nitrogens is 1. The van der Waals surface area contributed by atoms with Crippen molar-refractivity contribution in [1.29, 1.82) is 0 Å². The van der Waals surface area contributed by atoms with Gasteiger partial charge in [0, 0.05) is 25.0 Å². The lowest BCUT2D eigenvalue weighted by atomic mass is 10.0. The maximum atomic E-state index is 12.7. The molecule has 2 aliphatic rings. The molecule has 2 aliphatic heterocycles. The van der Waals surface area contributed by atoms with E-state index in [0.29, 0.717) is 29.0 Å². The molecule has 5 aromatic rings. The fourth-order valence-corrected chi connectivity index (χ4v) is 8.19. The van der Waals surface area contributed by atoms with E-state index >= 15 is 0 Å². The second-order valence-electron chi connectivity index (χ2n) is 10.9. The maximum absolute atomic E-state index is 12.7. The van der Waals surface area contributed by atoms with Gasteiger partial charge in [-0.1, -0.05) is 72.8 Å². The van der Waals surface area contributed by atoms with Crippen LogP contribution in [0.2, 0.25) is 0 Å². The number of oxazole rings is 1. The Morgan fingerprint density at radius 3 is 2.14 bits per heavy atom. The van der Waals surface area contributed by atoms with Crippen LogP contribution < -0.4 is 13.8 Å². The van der Waals surface area contributed by atoms with E-state index in [1.807, 2.05) is 78.9 Å². The Morgan fingerprint density at radius 1 is 0.864 bits per heavy atom. The number of fused-ring (bicyclic) bond motifs is 3. The van der Waals surface area contributed by atoms with Gasteiger partial charge >= 0.3 is 21.9 Å². The fraction of sp³-hybridized carbons (Fsp3) is 0.156. The van der Waals surface area contributed by atoms with Gasteiger partial charge in [0.25, 0.3) is 11.4 Å². The summed E-state index contributed by atoms with van der Waals surface area (Å²) >= 11 is 0. The minimum atomic E-state index is -4.81. The zero-order chi connectivity index (χ0) is 30.7. The van der Waals surface area contributed by atoms with Gasteiger partial charge in [-0.15, -0.1) is 4.57 Å². The predicted octanol–water partition coefficient (Wildman–Crippen LogP) is 5.26. The Morgan fingerprint density at radius 2 is 1.50 bits per heavy atom. The normalized spacial score (nSPS) is 20.8. The first-order valence-corrected chi connectivity index (χ1v) is 17.0. The van der Waals surface area contributed by atoms with E-state index in [-0.39, 0.29) is 29.2 Å². The van der Waals surface area contributed by atoms with E-state index in [0.717, 1.165) is 22.3 Å². The van der Waals surface area contributed by atoms with Crippen LogP contribution >= 0.6 is 0 Å². The third-order valence-electron chi connectivity index (χ3n) is 8.27. The fourth-order valence-electron chi connectivity index (χ4n) is 6.38. The summed E-state index contributed by atoms with van der Waals surface area (Å²) in [6.07, 6.45) is 1.99. The standard InChI is InChI=1S/C32H26N2O8S2/c35-43(36,37)21-33-26-18-24(22-8-3-1-4-9-22)13-15-28(26)41-30(33)20-31-34(17-7-12-32(34)44(38,39)40)27-19-25(14-16-29(27)42-31)23-10-5-2-6-11-23/h1-6,8-11,13-16,18-20,32H,7,12,17,21H2/p+1. The van der Waals surface area contributed by atoms with Gasteiger partial charge in [0.2, 0.25) is 5.58 Å². The van der Waals surface area contributed by atoms with Crippen molar-refractivity contribution in [3.8, 4) is 28.0 Å². The molecule has 10 nitrogen and oxygen atoms in total. The van der Waals surface area contributed by atoms with Gasteiger partial charge in [-0.25, -0.2) is 12.9 Å². The molecule has 0 aliphatic carbocycles. The highest BCUT2D eigenvalue weighted by Crippen LogP contribution is 2.53. The zero-order valence-electron chi connectivity index (χ0n) is 23.2. The van der Waals surface area contributed by atoms with Crippen LogP contribution in [-0.4, -0.2) is 37.9 Å². The van der Waals surface area contributed by atoms with E-state index in [9.17, 15) is 25.9 Å². The Hall–Kier alpha value is -4.33. The Balaban J connectivity index is 1.44. The highest BCUT2D eigenvalue weighted by atomic mass is 32.2. The molecule has 44 heavy (non-hydrogen) atoms. The molecule has 1 spiro atoms. The lowest BCUT2D eigenvalue weighted by molar-refractivity contribution is -0.658. The first-order valence-electron chi connectivity index (χ1n) is 13.9. The number of benzene rings is 4. The number of nitrogens with zero attached hydrogens (tertiary/aromatic N) is 2. The van der Waals surface area contributed by atoms with Crippen LogP contribution in [0, 0.1) is 0 Å². The van der Waals surface area contributed by atoms with Gasteiger partial charge in [-0.05, 0) is 34.4 Å². The zero-order valence-corrected chi connectivity index (χ0v) is 24.9. The summed E-state index contributed by atoms with van der Waals surface area (Å²) in [4.78, 5) is 0. The molecular formula is C32H27N2O8S2+. The smallest absolute Gasteiger partial charge is 0.384 e. The minimum Gasteiger partial charge on any atom is -0.743 e. The van der Waals surface area contributed by atoms with Gasteiger partial charge in [-0.2, -0.15) is 8.42 Å².